The van der Waals surface area contributed by atoms with Gasteiger partial charge in [0.05, 0.1) is 71.2 Å². The van der Waals surface area contributed by atoms with E-state index in [1.54, 1.807) is 0 Å². The fourth-order valence-corrected chi connectivity index (χ4v) is 16.4. The van der Waals surface area contributed by atoms with E-state index in [9.17, 15) is 163 Å². The maximum absolute atomic E-state index is 13.6. The summed E-state index contributed by atoms with van der Waals surface area (Å²) in [5.41, 5.74) is 0. The molecule has 0 unspecified atom stereocenters. The number of carbonyl (C=O) groups excluding carboxylic acids is 2. The van der Waals surface area contributed by atoms with Gasteiger partial charge in [0.2, 0.25) is 11.8 Å². The first-order valence-electron chi connectivity index (χ1n) is 40.2. The van der Waals surface area contributed by atoms with E-state index >= 15 is 0 Å². The Hall–Kier alpha value is -3.10. The van der Waals surface area contributed by atoms with Gasteiger partial charge >= 0.3 is 0 Å². The van der Waals surface area contributed by atoms with Gasteiger partial charge < -0.3 is 263 Å². The Bertz CT molecular complexity index is 3320. The van der Waals surface area contributed by atoms with Crippen molar-refractivity contribution in [2.75, 3.05) is 52.9 Å². The molecule has 0 aromatic heterocycles. The molecule has 55 atom stereocenters. The fourth-order valence-electron chi connectivity index (χ4n) is 16.4. The second-order valence-electron chi connectivity index (χ2n) is 32.3. The van der Waals surface area contributed by atoms with Crippen molar-refractivity contribution in [3.05, 3.63) is 0 Å². The number of carbonyl (C=O) groups is 2. The predicted octanol–water partition coefficient (Wildman–Crippen LogP) is -21.6. The first-order valence-corrected chi connectivity index (χ1v) is 40.2. The molecule has 2 amide bonds. The van der Waals surface area contributed by atoms with Gasteiger partial charge in [-0.2, -0.15) is 0 Å². The van der Waals surface area contributed by atoms with Crippen LogP contribution in [-0.2, 0) is 109 Å². The van der Waals surface area contributed by atoms with Gasteiger partial charge in [0, 0.05) is 13.8 Å². The van der Waals surface area contributed by atoms with E-state index in [0.29, 0.717) is 0 Å². The normalized spacial score (nSPS) is 52.6. The van der Waals surface area contributed by atoms with Crippen LogP contribution in [-0.4, -0.2) is 556 Å². The summed E-state index contributed by atoms with van der Waals surface area (Å²) in [6.07, 6.45) is -110. The van der Waals surface area contributed by atoms with Gasteiger partial charge in [-0.05, 0) is 20.8 Å². The predicted molar refractivity (Wildman–Crippen MR) is 381 cm³/mol. The first kappa shape index (κ1) is 102. The zero-order valence-corrected chi connectivity index (χ0v) is 67.2. The number of nitrogens with one attached hydrogen (secondary N) is 2. The average molecular weight is 1840 g/mol. The summed E-state index contributed by atoms with van der Waals surface area (Å²) in [5.74, 6) is -2.01. The summed E-state index contributed by atoms with van der Waals surface area (Å²) in [5, 5.41) is 338. The molecule has 0 aliphatic carbocycles. The molecular formula is C70H118N2O53. The molecule has 0 radical (unpaired) electrons. The van der Waals surface area contributed by atoms with Crippen LogP contribution in [0.15, 0.2) is 0 Å². The lowest BCUT2D eigenvalue weighted by Crippen LogP contribution is -2.71. The van der Waals surface area contributed by atoms with Crippen LogP contribution in [0.25, 0.3) is 0 Å². The van der Waals surface area contributed by atoms with E-state index in [1.165, 1.54) is 20.8 Å². The minimum absolute atomic E-state index is 0.888. The molecule has 11 saturated heterocycles. The SMILES string of the molecule is CC(=O)N[C@@H]1[C@@H](O[C@@H]2O[C@@H](C)[C@@H](O)[C@@H](O)[C@@H]2O)[C@H](O[C@@H]2O[C@H](CO)[C@@H](O[C@@H]3O[C@H](CO[C@H]4O[C@H](CO)[C@@H](O)[C@H](O)[C@@H]4O)[C@@H](O[C@@H]4O[C@H](CO)[C@H](O)[C@H](O)[C@H]4O[C@@H]4O[C@@H](C)[C@@H](O)[C@@H](O)[C@@H]4O)[C@H](O[C@H]4O[C@H](CO)[C@@H](O)[C@H](O)[C@@H]4O)[C@@H]3O)[C@H](O)[C@H]2NC(C)=O)[C@@H](CO[C@@H]2O[C@@H](C)[C@@H](O[C@@H]3O[C@H](CO)[C@H](O[C@@H]4O[C@H](CO)[C@H](O)[C@H](O)[C@H]4O)[C@H](O)[C@H]3O)[C@@H](O)[C@@H]2O)O[C@H]1O. The van der Waals surface area contributed by atoms with Crippen molar-refractivity contribution < 1.29 is 262 Å². The summed E-state index contributed by atoms with van der Waals surface area (Å²) in [6, 6.07) is -4.09. The van der Waals surface area contributed by atoms with Crippen LogP contribution in [0.2, 0.25) is 0 Å². The van der Waals surface area contributed by atoms with Crippen LogP contribution >= 0.6 is 0 Å². The molecule has 11 rings (SSSR count). The van der Waals surface area contributed by atoms with Crippen molar-refractivity contribution in [3.8, 4) is 0 Å². The Morgan fingerprint density at radius 3 is 0.960 bits per heavy atom. The molecule has 55 nitrogen and oxygen atoms in total. The van der Waals surface area contributed by atoms with Crippen LogP contribution in [0.1, 0.15) is 34.6 Å². The summed E-state index contributed by atoms with van der Waals surface area (Å²) in [6.45, 7) is -3.30. The van der Waals surface area contributed by atoms with Crippen molar-refractivity contribution >= 4 is 11.8 Å². The summed E-state index contributed by atoms with van der Waals surface area (Å²) < 4.78 is 126. The Kier molecular flexibility index (Phi) is 36.0. The van der Waals surface area contributed by atoms with Crippen LogP contribution in [0.4, 0.5) is 0 Å². The van der Waals surface area contributed by atoms with E-state index in [1.807, 2.05) is 0 Å². The van der Waals surface area contributed by atoms with Crippen molar-refractivity contribution in [1.82, 2.24) is 10.6 Å². The Morgan fingerprint density at radius 2 is 0.496 bits per heavy atom. The number of hydrogen-bond donors (Lipinski definition) is 32. The summed E-state index contributed by atoms with van der Waals surface area (Å²) in [4.78, 5) is 26.8. The lowest BCUT2D eigenvalue weighted by molar-refractivity contribution is -0.411. The van der Waals surface area contributed by atoms with E-state index in [2.05, 4.69) is 10.6 Å². The van der Waals surface area contributed by atoms with Gasteiger partial charge in [-0.15, -0.1) is 0 Å². The largest absolute Gasteiger partial charge is 0.394 e. The molecule has 0 aromatic carbocycles. The third-order valence-corrected chi connectivity index (χ3v) is 23.6. The molecular weight excluding hydrogens is 1720 g/mol. The Balaban J connectivity index is 0.907. The third-order valence-electron chi connectivity index (χ3n) is 23.6. The highest BCUT2D eigenvalue weighted by molar-refractivity contribution is 5.73. The number of rotatable bonds is 30. The second-order valence-corrected chi connectivity index (χ2v) is 32.3. The number of aliphatic hydroxyl groups is 30. The number of aliphatic hydroxyl groups excluding tert-OH is 30. The lowest BCUT2D eigenvalue weighted by Gasteiger charge is -2.52. The van der Waals surface area contributed by atoms with E-state index in [4.69, 9.17) is 99.5 Å². The van der Waals surface area contributed by atoms with E-state index < -0.39 is 402 Å². The van der Waals surface area contributed by atoms with Gasteiger partial charge in [-0.1, -0.05) is 0 Å². The van der Waals surface area contributed by atoms with Crippen molar-refractivity contribution in [3.63, 3.8) is 0 Å². The molecule has 0 aromatic rings. The molecule has 32 N–H and O–H groups in total. The molecule has 11 heterocycles. The van der Waals surface area contributed by atoms with Gasteiger partial charge in [0.25, 0.3) is 0 Å². The smallest absolute Gasteiger partial charge is 0.217 e. The molecule has 726 valence electrons. The second kappa shape index (κ2) is 43.9. The van der Waals surface area contributed by atoms with Crippen LogP contribution in [0.3, 0.4) is 0 Å². The van der Waals surface area contributed by atoms with Gasteiger partial charge in [-0.3, -0.25) is 9.59 Å². The third kappa shape index (κ3) is 22.0. The highest BCUT2D eigenvalue weighted by Gasteiger charge is 2.63. The van der Waals surface area contributed by atoms with Crippen molar-refractivity contribution in [2.45, 2.75) is 372 Å². The van der Waals surface area contributed by atoms with Crippen molar-refractivity contribution in [1.29, 1.82) is 0 Å². The monoisotopic (exact) mass is 1830 g/mol. The summed E-state index contributed by atoms with van der Waals surface area (Å²) >= 11 is 0. The zero-order chi connectivity index (χ0) is 91.8. The molecule has 0 spiro atoms. The van der Waals surface area contributed by atoms with Crippen molar-refractivity contribution in [2.24, 2.45) is 0 Å². The molecule has 0 bridgehead atoms. The van der Waals surface area contributed by atoms with E-state index in [-0.39, 0.29) is 0 Å². The van der Waals surface area contributed by atoms with E-state index in [0.717, 1.165) is 13.8 Å². The molecule has 11 aliphatic rings. The number of hydrogen-bond acceptors (Lipinski definition) is 53. The standard InChI is InChI=1S/C70H118N2O53/c1-14-29(81)36(88)45(97)64(107-14)123-57-28(72-18(5)80)60(104)110-25(12-105-62-49(101)42(94)52(16(3)109-62)118-68-50(102)43(95)54(24(11-78)116-68)120-66-47(99)39(91)32(84)20(7-74)112-66)55(57)121-61-27(71-17(4)79)35(87)53(23(10-77)115-61)119-69-51(103)58(124-67-48(100)40(92)33(85)21(8-75)113-67)56(26(117-69)13-106-63-44(96)38(90)31(83)19(6-73)111-63)122-70-59(41(93)34(86)22(9-76)114-70)125-65-46(98)37(89)30(82)15(2)108-65/h14-16,19-70,73-78,81-104H,6-13H2,1-5H3,(H,71,79)(H,72,80)/t14-,15-,16-,19+,20+,21+,22+,23+,24+,25+,26+,27+,28+,29+,30+,31+,32-,33+,34-,35+,36+,37+,38-,39-,40-,41-,42-,43+,44-,45-,46-,47+,48-,49-,50+,51-,52+,53+,54-,55+,56+,57+,58+,59+,60+,61-,62+,63-,64-,65-,66-,67+,68-,69-,70-/m0/s1. The minimum atomic E-state index is -2.65. The fraction of sp³-hybridized carbons (Fsp3) is 0.971. The highest BCUT2D eigenvalue weighted by Crippen LogP contribution is 2.42. The topological polar surface area (TPSA) is 859 Å². The Morgan fingerprint density at radius 1 is 0.224 bits per heavy atom. The highest BCUT2D eigenvalue weighted by atomic mass is 16.8. The van der Waals surface area contributed by atoms with Crippen LogP contribution in [0, 0.1) is 0 Å². The van der Waals surface area contributed by atoms with Gasteiger partial charge in [0.15, 0.2) is 69.2 Å². The maximum atomic E-state index is 13.6. The summed E-state index contributed by atoms with van der Waals surface area (Å²) in [7, 11) is 0. The molecule has 55 heteroatoms. The van der Waals surface area contributed by atoms with Gasteiger partial charge in [-0.25, -0.2) is 0 Å². The number of ether oxygens (including phenoxy) is 21. The maximum Gasteiger partial charge on any atom is 0.217 e. The average Bonchev–Trinajstić information content (AvgIpc) is 0.743. The quantitative estimate of drug-likeness (QED) is 0.0318. The number of amides is 2. The molecule has 11 fully saturated rings. The minimum Gasteiger partial charge on any atom is -0.394 e. The molecule has 0 saturated carbocycles. The van der Waals surface area contributed by atoms with Gasteiger partial charge in [0.1, 0.15) is 250 Å². The Labute approximate surface area is 707 Å². The molecule has 125 heavy (non-hydrogen) atoms. The van der Waals surface area contributed by atoms with Crippen LogP contribution in [0.5, 0.6) is 0 Å². The first-order chi connectivity index (χ1) is 59.0. The lowest BCUT2D eigenvalue weighted by atomic mass is 9.93. The van der Waals surface area contributed by atoms with Crippen LogP contribution < -0.4 is 10.6 Å². The zero-order valence-electron chi connectivity index (χ0n) is 67.2. The molecule has 11 aliphatic heterocycles.